The van der Waals surface area contributed by atoms with Crippen LogP contribution in [-0.2, 0) is 4.74 Å². The van der Waals surface area contributed by atoms with Gasteiger partial charge in [0.2, 0.25) is 0 Å². The molecule has 14 heavy (non-hydrogen) atoms. The van der Waals surface area contributed by atoms with Gasteiger partial charge in [0, 0.05) is 12.1 Å². The van der Waals surface area contributed by atoms with Crippen molar-refractivity contribution in [1.29, 1.82) is 0 Å². The first-order valence-corrected chi connectivity index (χ1v) is 4.54. The molecule has 0 aliphatic rings. The quantitative estimate of drug-likeness (QED) is 0.761. The normalized spacial score (nSPS) is 10.6. The summed E-state index contributed by atoms with van der Waals surface area (Å²) < 4.78 is 10.1. The van der Waals surface area contributed by atoms with Crippen LogP contribution < -0.4 is 0 Å². The number of aromatic nitrogens is 1. The Morgan fingerprint density at radius 2 is 2.50 bits per heavy atom. The fourth-order valence-electron chi connectivity index (χ4n) is 1.23. The Balaban J connectivity index is 2.18. The van der Waals surface area contributed by atoms with Crippen molar-refractivity contribution in [3.63, 3.8) is 0 Å². The molecule has 0 atom stereocenters. The van der Waals surface area contributed by atoms with E-state index in [4.69, 9.17) is 9.15 Å². The summed E-state index contributed by atoms with van der Waals surface area (Å²) in [5, 5.41) is 0. The van der Waals surface area contributed by atoms with Gasteiger partial charge in [0.05, 0.1) is 18.4 Å². The second-order valence-corrected chi connectivity index (χ2v) is 3.02. The molecule has 0 fully saturated rings. The Morgan fingerprint density at radius 3 is 3.21 bits per heavy atom. The van der Waals surface area contributed by atoms with E-state index in [2.05, 4.69) is 4.98 Å². The van der Waals surface area contributed by atoms with Gasteiger partial charge in [-0.05, 0) is 6.42 Å². The van der Waals surface area contributed by atoms with Crippen LogP contribution in [0.2, 0.25) is 0 Å². The molecule has 0 saturated heterocycles. The molecule has 4 heteroatoms. The monoisotopic (exact) mass is 193 g/mol. The van der Waals surface area contributed by atoms with Gasteiger partial charge < -0.3 is 14.1 Å². The minimum atomic E-state index is -0.335. The van der Waals surface area contributed by atoms with E-state index in [1.165, 1.54) is 0 Å². The van der Waals surface area contributed by atoms with Gasteiger partial charge in [0.1, 0.15) is 5.69 Å². The van der Waals surface area contributed by atoms with Crippen molar-refractivity contribution in [1.82, 2.24) is 4.98 Å². The first kappa shape index (κ1) is 8.87. The van der Waals surface area contributed by atoms with Gasteiger partial charge in [-0.25, -0.2) is 4.79 Å². The molecule has 0 aliphatic heterocycles. The lowest BCUT2D eigenvalue weighted by Gasteiger charge is -1.99. The zero-order valence-electron chi connectivity index (χ0n) is 7.87. The number of nitrogens with one attached hydrogen (secondary N) is 1. The van der Waals surface area contributed by atoms with E-state index in [-0.39, 0.29) is 5.97 Å². The summed E-state index contributed by atoms with van der Waals surface area (Å²) in [7, 11) is 0. The van der Waals surface area contributed by atoms with Gasteiger partial charge in [-0.3, -0.25) is 0 Å². The smallest absolute Gasteiger partial charge is 0.354 e. The molecule has 0 spiro atoms. The number of aromatic amines is 1. The number of fused-ring (bicyclic) bond motifs is 1. The van der Waals surface area contributed by atoms with E-state index in [9.17, 15) is 4.79 Å². The number of hydrogen-bond donors (Lipinski definition) is 1. The van der Waals surface area contributed by atoms with Crippen LogP contribution >= 0.6 is 0 Å². The number of ether oxygens (including phenoxy) is 1. The molecule has 2 heterocycles. The minimum Gasteiger partial charge on any atom is -0.463 e. The average molecular weight is 193 g/mol. The van der Waals surface area contributed by atoms with Crippen LogP contribution in [0.15, 0.2) is 22.8 Å². The lowest BCUT2D eigenvalue weighted by molar-refractivity contribution is 0.0499. The van der Waals surface area contributed by atoms with Crippen LogP contribution in [0, 0.1) is 0 Å². The summed E-state index contributed by atoms with van der Waals surface area (Å²) >= 11 is 0. The fraction of sp³-hybridized carbons (Fsp3) is 0.300. The number of furan rings is 1. The number of carbonyl (C=O) groups is 1. The summed E-state index contributed by atoms with van der Waals surface area (Å²) in [5.74, 6) is -0.335. The number of rotatable bonds is 3. The van der Waals surface area contributed by atoms with Crippen molar-refractivity contribution in [2.45, 2.75) is 13.3 Å². The van der Waals surface area contributed by atoms with Gasteiger partial charge in [0.25, 0.3) is 0 Å². The van der Waals surface area contributed by atoms with Crippen molar-refractivity contribution in [3.05, 3.63) is 24.1 Å². The minimum absolute atomic E-state index is 0.335. The van der Waals surface area contributed by atoms with Crippen LogP contribution in [0.1, 0.15) is 23.8 Å². The molecule has 0 unspecified atom stereocenters. The standard InChI is InChI=1S/C10H11NO3/c1-2-4-14-10(12)8-6-9-7(11-8)3-5-13-9/h3,5-6,11H,2,4H2,1H3. The third-order valence-corrected chi connectivity index (χ3v) is 1.90. The summed E-state index contributed by atoms with van der Waals surface area (Å²) in [4.78, 5) is 14.3. The Morgan fingerprint density at radius 1 is 1.64 bits per heavy atom. The van der Waals surface area contributed by atoms with Gasteiger partial charge in [-0.15, -0.1) is 0 Å². The Bertz CT molecular complexity index is 412. The number of H-pyrrole nitrogens is 1. The van der Waals surface area contributed by atoms with Crippen molar-refractivity contribution in [2.24, 2.45) is 0 Å². The average Bonchev–Trinajstić information content (AvgIpc) is 2.72. The largest absolute Gasteiger partial charge is 0.463 e. The third kappa shape index (κ3) is 1.51. The zero-order valence-corrected chi connectivity index (χ0v) is 7.87. The lowest BCUT2D eigenvalue weighted by Crippen LogP contribution is -2.05. The van der Waals surface area contributed by atoms with Gasteiger partial charge in [-0.1, -0.05) is 6.92 Å². The van der Waals surface area contributed by atoms with E-state index in [0.717, 1.165) is 11.9 Å². The maximum atomic E-state index is 11.4. The second-order valence-electron chi connectivity index (χ2n) is 3.02. The molecule has 0 saturated carbocycles. The third-order valence-electron chi connectivity index (χ3n) is 1.90. The molecule has 2 rings (SSSR count). The molecule has 0 aromatic carbocycles. The van der Waals surface area contributed by atoms with E-state index in [1.54, 1.807) is 18.4 Å². The molecular weight excluding hydrogens is 182 g/mol. The molecule has 74 valence electrons. The number of esters is 1. The summed E-state index contributed by atoms with van der Waals surface area (Å²) in [6.07, 6.45) is 2.39. The molecule has 4 nitrogen and oxygen atoms in total. The fourth-order valence-corrected chi connectivity index (χ4v) is 1.23. The molecule has 0 aliphatic carbocycles. The predicted molar refractivity (Wildman–Crippen MR) is 51.1 cm³/mol. The van der Waals surface area contributed by atoms with Gasteiger partial charge in [-0.2, -0.15) is 0 Å². The van der Waals surface area contributed by atoms with E-state index < -0.39 is 0 Å². The maximum Gasteiger partial charge on any atom is 0.354 e. The first-order chi connectivity index (χ1) is 6.81. The zero-order chi connectivity index (χ0) is 9.97. The Labute approximate surface area is 80.9 Å². The van der Waals surface area contributed by atoms with Gasteiger partial charge >= 0.3 is 5.97 Å². The van der Waals surface area contributed by atoms with E-state index in [1.807, 2.05) is 6.92 Å². The summed E-state index contributed by atoms with van der Waals surface area (Å²) in [6.45, 7) is 2.40. The van der Waals surface area contributed by atoms with Crippen LogP contribution in [0.5, 0.6) is 0 Å². The highest BCUT2D eigenvalue weighted by atomic mass is 16.5. The van der Waals surface area contributed by atoms with E-state index >= 15 is 0 Å². The highest BCUT2D eigenvalue weighted by Gasteiger charge is 2.11. The topological polar surface area (TPSA) is 55.2 Å². The number of carbonyl (C=O) groups excluding carboxylic acids is 1. The molecule has 0 amide bonds. The highest BCUT2D eigenvalue weighted by molar-refractivity contribution is 5.93. The summed E-state index contributed by atoms with van der Waals surface area (Å²) in [6, 6.07) is 3.42. The van der Waals surface area contributed by atoms with Crippen molar-refractivity contribution < 1.29 is 13.9 Å². The Kier molecular flexibility index (Phi) is 2.26. The highest BCUT2D eigenvalue weighted by Crippen LogP contribution is 2.16. The van der Waals surface area contributed by atoms with Crippen LogP contribution in [0.25, 0.3) is 11.1 Å². The van der Waals surface area contributed by atoms with Crippen LogP contribution in [0.3, 0.4) is 0 Å². The summed E-state index contributed by atoms with van der Waals surface area (Å²) in [5.41, 5.74) is 1.93. The molecule has 1 N–H and O–H groups in total. The second kappa shape index (κ2) is 3.57. The van der Waals surface area contributed by atoms with Crippen LogP contribution in [-0.4, -0.2) is 17.6 Å². The molecule has 0 radical (unpaired) electrons. The van der Waals surface area contributed by atoms with Crippen LogP contribution in [0.4, 0.5) is 0 Å². The molecule has 0 bridgehead atoms. The van der Waals surface area contributed by atoms with Crippen molar-refractivity contribution in [3.8, 4) is 0 Å². The van der Waals surface area contributed by atoms with Gasteiger partial charge in [0.15, 0.2) is 5.58 Å². The molecular formula is C10H11NO3. The molecule has 2 aromatic heterocycles. The molecule has 2 aromatic rings. The predicted octanol–water partition coefficient (Wildman–Crippen LogP) is 2.33. The van der Waals surface area contributed by atoms with E-state index in [0.29, 0.717) is 17.9 Å². The first-order valence-electron chi connectivity index (χ1n) is 4.54. The van der Waals surface area contributed by atoms with Crippen molar-refractivity contribution in [2.75, 3.05) is 6.61 Å². The van der Waals surface area contributed by atoms with Crippen molar-refractivity contribution >= 4 is 17.1 Å². The maximum absolute atomic E-state index is 11.4. The Hall–Kier alpha value is -1.71. The lowest BCUT2D eigenvalue weighted by atomic mass is 10.4. The SMILES string of the molecule is CCCOC(=O)c1cc2occc2[nH]1. The number of hydrogen-bond acceptors (Lipinski definition) is 3.